The molecule has 0 atom stereocenters. The number of allylic oxidation sites excluding steroid dienone is 2. The average Bonchev–Trinajstić information content (AvgIpc) is 2.79. The van der Waals surface area contributed by atoms with Gasteiger partial charge in [0.15, 0.2) is 0 Å². The molecule has 2 aromatic carbocycles. The van der Waals surface area contributed by atoms with Gasteiger partial charge in [0.1, 0.15) is 0 Å². The summed E-state index contributed by atoms with van der Waals surface area (Å²) in [4.78, 5) is 0. The van der Waals surface area contributed by atoms with Crippen molar-refractivity contribution in [3.05, 3.63) is 82.9 Å². The molecule has 0 heterocycles. The first kappa shape index (κ1) is 25.4. The second kappa shape index (κ2) is 11.3. The van der Waals surface area contributed by atoms with Gasteiger partial charge in [0.05, 0.1) is 17.7 Å². The molecule has 0 unspecified atom stereocenters. The molecule has 0 N–H and O–H groups in total. The molecule has 1 aliphatic carbocycles. The fraction of sp³-hybridized carbons (Fsp3) is 0.481. The van der Waals surface area contributed by atoms with Gasteiger partial charge in [-0.1, -0.05) is 48.6 Å². The molecule has 0 radical (unpaired) electrons. The molecule has 33 heavy (non-hydrogen) atoms. The normalized spacial score (nSPS) is 19.8. The summed E-state index contributed by atoms with van der Waals surface area (Å²) >= 11 is 0. The number of rotatable bonds is 9. The van der Waals surface area contributed by atoms with Crippen LogP contribution in [0.4, 0.5) is 22.0 Å². The Hall–Kier alpha value is -2.21. The molecule has 0 spiro atoms. The van der Waals surface area contributed by atoms with E-state index in [4.69, 9.17) is 4.74 Å². The minimum atomic E-state index is -4.42. The lowest BCUT2D eigenvalue weighted by Crippen LogP contribution is -2.20. The summed E-state index contributed by atoms with van der Waals surface area (Å²) in [5.41, 5.74) is 0.625. The van der Waals surface area contributed by atoms with Gasteiger partial charge < -0.3 is 4.74 Å². The number of hydrogen-bond acceptors (Lipinski definition) is 1. The van der Waals surface area contributed by atoms with Crippen LogP contribution in [-0.4, -0.2) is 6.61 Å². The van der Waals surface area contributed by atoms with E-state index >= 15 is 0 Å². The summed E-state index contributed by atoms with van der Waals surface area (Å²) in [6, 6.07) is 10.9. The molecule has 6 heteroatoms. The fourth-order valence-corrected chi connectivity index (χ4v) is 4.47. The van der Waals surface area contributed by atoms with Crippen LogP contribution in [0.2, 0.25) is 0 Å². The molecule has 1 aliphatic rings. The Balaban J connectivity index is 1.48. The highest BCUT2D eigenvalue weighted by Gasteiger charge is 2.33. The van der Waals surface area contributed by atoms with Crippen molar-refractivity contribution in [3.8, 4) is 0 Å². The minimum absolute atomic E-state index is 0.100. The summed E-state index contributed by atoms with van der Waals surface area (Å²) in [7, 11) is 0. The van der Waals surface area contributed by atoms with E-state index in [0.29, 0.717) is 11.5 Å². The second-order valence-corrected chi connectivity index (χ2v) is 8.80. The van der Waals surface area contributed by atoms with Crippen LogP contribution < -0.4 is 0 Å². The largest absolute Gasteiger partial charge is 0.416 e. The van der Waals surface area contributed by atoms with Crippen molar-refractivity contribution in [1.29, 1.82) is 0 Å². The van der Waals surface area contributed by atoms with E-state index in [-0.39, 0.29) is 18.6 Å². The number of benzene rings is 2. The van der Waals surface area contributed by atoms with E-state index in [1.807, 2.05) is 6.92 Å². The van der Waals surface area contributed by atoms with Crippen molar-refractivity contribution in [1.82, 2.24) is 0 Å². The first-order chi connectivity index (χ1) is 15.7. The lowest BCUT2D eigenvalue weighted by Gasteiger charge is -2.29. The highest BCUT2D eigenvalue weighted by atomic mass is 19.4. The third-order valence-electron chi connectivity index (χ3n) is 6.50. The summed E-state index contributed by atoms with van der Waals surface area (Å²) in [6.45, 7) is 1.74. The molecule has 1 fully saturated rings. The molecule has 0 bridgehead atoms. The van der Waals surface area contributed by atoms with Crippen molar-refractivity contribution in [3.63, 3.8) is 0 Å². The number of halogens is 5. The van der Waals surface area contributed by atoms with Gasteiger partial charge in [0.25, 0.3) is 0 Å². The predicted octanol–water partition coefficient (Wildman–Crippen LogP) is 8.64. The van der Waals surface area contributed by atoms with Crippen LogP contribution >= 0.6 is 0 Å². The SMILES string of the molecule is C/C=C/CC[C@H]1CC[C@H](c2ccc(C(F)(F)OCCc3ccc(C(F)(F)F)cc3)cc2)CC1. The van der Waals surface area contributed by atoms with Gasteiger partial charge in [0.2, 0.25) is 0 Å². The zero-order valence-electron chi connectivity index (χ0n) is 18.9. The highest BCUT2D eigenvalue weighted by Crippen LogP contribution is 2.39. The molecule has 2 aromatic rings. The van der Waals surface area contributed by atoms with E-state index in [2.05, 4.69) is 12.2 Å². The molecule has 0 amide bonds. The Labute approximate surface area is 192 Å². The van der Waals surface area contributed by atoms with Gasteiger partial charge >= 0.3 is 12.3 Å². The Morgan fingerprint density at radius 1 is 0.848 bits per heavy atom. The van der Waals surface area contributed by atoms with Gasteiger partial charge in [-0.2, -0.15) is 22.0 Å². The lowest BCUT2D eigenvalue weighted by atomic mass is 9.77. The fourth-order valence-electron chi connectivity index (χ4n) is 4.47. The smallest absolute Gasteiger partial charge is 0.316 e. The van der Waals surface area contributed by atoms with E-state index in [0.717, 1.165) is 42.9 Å². The maximum absolute atomic E-state index is 14.5. The first-order valence-electron chi connectivity index (χ1n) is 11.6. The maximum atomic E-state index is 14.5. The quantitative estimate of drug-likeness (QED) is 0.265. The van der Waals surface area contributed by atoms with E-state index in [1.165, 1.54) is 43.5 Å². The third-order valence-corrected chi connectivity index (χ3v) is 6.50. The van der Waals surface area contributed by atoms with Crippen molar-refractivity contribution in [2.45, 2.75) is 70.1 Å². The molecule has 1 saturated carbocycles. The molecule has 1 nitrogen and oxygen atoms in total. The zero-order valence-corrected chi connectivity index (χ0v) is 18.9. The predicted molar refractivity (Wildman–Crippen MR) is 120 cm³/mol. The Bertz CT molecular complexity index is 876. The first-order valence-corrected chi connectivity index (χ1v) is 11.6. The minimum Gasteiger partial charge on any atom is -0.316 e. The van der Waals surface area contributed by atoms with Crippen LogP contribution in [0.15, 0.2) is 60.7 Å². The van der Waals surface area contributed by atoms with Crippen LogP contribution in [-0.2, 0) is 23.4 Å². The highest BCUT2D eigenvalue weighted by molar-refractivity contribution is 5.28. The molecule has 0 aromatic heterocycles. The second-order valence-electron chi connectivity index (χ2n) is 8.80. The standard InChI is InChI=1S/C27H31F5O/c1-2-3-4-5-20-6-10-22(11-7-20)23-12-16-25(17-13-23)27(31,32)33-19-18-21-8-14-24(15-9-21)26(28,29)30/h2-3,8-9,12-17,20,22H,4-7,10-11,18-19H2,1H3/b3-2+/t20-,22-. The van der Waals surface area contributed by atoms with Crippen molar-refractivity contribution >= 4 is 0 Å². The molecular formula is C27H31F5O. The van der Waals surface area contributed by atoms with Gasteiger partial charge in [-0.3, -0.25) is 0 Å². The van der Waals surface area contributed by atoms with Gasteiger partial charge in [0, 0.05) is 0 Å². The van der Waals surface area contributed by atoms with E-state index in [1.54, 1.807) is 12.1 Å². The molecule has 180 valence electrons. The maximum Gasteiger partial charge on any atom is 0.416 e. The summed E-state index contributed by atoms with van der Waals surface area (Å²) in [5, 5.41) is 0. The number of alkyl halides is 5. The van der Waals surface area contributed by atoms with Crippen LogP contribution in [0.25, 0.3) is 0 Å². The van der Waals surface area contributed by atoms with Crippen LogP contribution in [0.3, 0.4) is 0 Å². The van der Waals surface area contributed by atoms with Crippen molar-refractivity contribution in [2.75, 3.05) is 6.61 Å². The monoisotopic (exact) mass is 466 g/mol. The molecule has 0 saturated heterocycles. The molecule has 0 aliphatic heterocycles. The zero-order chi connectivity index (χ0) is 23.9. The Kier molecular flexibility index (Phi) is 8.69. The lowest BCUT2D eigenvalue weighted by molar-refractivity contribution is -0.248. The van der Waals surface area contributed by atoms with Crippen LogP contribution in [0, 0.1) is 5.92 Å². The Morgan fingerprint density at radius 2 is 1.45 bits per heavy atom. The average molecular weight is 467 g/mol. The third kappa shape index (κ3) is 7.39. The Morgan fingerprint density at radius 3 is 2.03 bits per heavy atom. The summed E-state index contributed by atoms with van der Waals surface area (Å²) in [6.07, 6.45) is 3.37. The van der Waals surface area contributed by atoms with Gasteiger partial charge in [-0.25, -0.2) is 0 Å². The van der Waals surface area contributed by atoms with Crippen molar-refractivity contribution < 1.29 is 26.7 Å². The number of ether oxygens (including phenoxy) is 1. The van der Waals surface area contributed by atoms with E-state index < -0.39 is 17.8 Å². The topological polar surface area (TPSA) is 9.23 Å². The summed E-state index contributed by atoms with van der Waals surface area (Å²) in [5.74, 6) is 1.16. The van der Waals surface area contributed by atoms with E-state index in [9.17, 15) is 22.0 Å². The van der Waals surface area contributed by atoms with Gasteiger partial charge in [-0.05, 0) is 87.0 Å². The molecule has 3 rings (SSSR count). The molecular weight excluding hydrogens is 435 g/mol. The van der Waals surface area contributed by atoms with Crippen LogP contribution in [0.5, 0.6) is 0 Å². The van der Waals surface area contributed by atoms with Crippen molar-refractivity contribution in [2.24, 2.45) is 5.92 Å². The summed E-state index contributed by atoms with van der Waals surface area (Å²) < 4.78 is 71.6. The number of hydrogen-bond donors (Lipinski definition) is 0. The van der Waals surface area contributed by atoms with Gasteiger partial charge in [-0.15, -0.1) is 0 Å². The van der Waals surface area contributed by atoms with Crippen LogP contribution in [0.1, 0.15) is 73.6 Å².